The van der Waals surface area contributed by atoms with Gasteiger partial charge in [0.2, 0.25) is 0 Å². The van der Waals surface area contributed by atoms with Gasteiger partial charge in [-0.05, 0) is 46.0 Å². The molecule has 0 aliphatic heterocycles. The van der Waals surface area contributed by atoms with Gasteiger partial charge in [-0.1, -0.05) is 5.16 Å². The fraction of sp³-hybridized carbons (Fsp3) is 0.444. The number of thiazole rings is 1. The normalized spacial score (nSPS) is 13.8. The number of amides is 1. The van der Waals surface area contributed by atoms with E-state index in [2.05, 4.69) is 15.5 Å². The molecule has 0 bridgehead atoms. The van der Waals surface area contributed by atoms with Crippen LogP contribution < -0.4 is 10.9 Å². The number of hydrogen-bond donors (Lipinski definition) is 1. The van der Waals surface area contributed by atoms with Crippen molar-refractivity contribution < 1.29 is 9.32 Å². The number of nitrogens with one attached hydrogen (secondary N) is 1. The second kappa shape index (κ2) is 6.68. The van der Waals surface area contributed by atoms with Crippen LogP contribution in [-0.2, 0) is 19.3 Å². The lowest BCUT2D eigenvalue weighted by Crippen LogP contribution is -2.33. The van der Waals surface area contributed by atoms with Crippen molar-refractivity contribution in [1.82, 2.24) is 19.9 Å². The van der Waals surface area contributed by atoms with Crippen molar-refractivity contribution >= 4 is 22.2 Å². The minimum atomic E-state index is -0.389. The Morgan fingerprint density at radius 3 is 2.92 bits per heavy atom. The Morgan fingerprint density at radius 1 is 1.35 bits per heavy atom. The Kier molecular flexibility index (Phi) is 4.36. The summed E-state index contributed by atoms with van der Waals surface area (Å²) in [7, 11) is 0. The highest BCUT2D eigenvalue weighted by atomic mass is 32.1. The molecular formula is C18H20N4O3S. The predicted octanol–water partition coefficient (Wildman–Crippen LogP) is 2.21. The van der Waals surface area contributed by atoms with Gasteiger partial charge in [-0.25, -0.2) is 4.98 Å². The molecule has 136 valence electrons. The van der Waals surface area contributed by atoms with Gasteiger partial charge in [-0.3, -0.25) is 14.0 Å². The molecule has 8 heteroatoms. The van der Waals surface area contributed by atoms with Crippen molar-refractivity contribution in [2.24, 2.45) is 0 Å². The summed E-state index contributed by atoms with van der Waals surface area (Å²) in [6.07, 6.45) is 6.07. The van der Waals surface area contributed by atoms with Crippen molar-refractivity contribution in [3.8, 4) is 0 Å². The van der Waals surface area contributed by atoms with E-state index in [1.807, 2.05) is 13.8 Å². The number of hydrogen-bond acceptors (Lipinski definition) is 6. The summed E-state index contributed by atoms with van der Waals surface area (Å²) in [4.78, 5) is 31.6. The zero-order chi connectivity index (χ0) is 18.3. The standard InChI is InChI=1S/C18H20N4O3S/c1-10-12(11(2)25-21-10)7-8-19-16(23)13-9-20-18-22(17(13)24)14-5-3-4-6-15(14)26-18/h9H,3-8H2,1-2H3,(H,19,23). The number of carbonyl (C=O) groups excluding carboxylic acids is 1. The van der Waals surface area contributed by atoms with Gasteiger partial charge in [-0.2, -0.15) is 0 Å². The van der Waals surface area contributed by atoms with Crippen LogP contribution in [0.15, 0.2) is 15.5 Å². The average molecular weight is 372 g/mol. The van der Waals surface area contributed by atoms with Crippen LogP contribution in [0.4, 0.5) is 0 Å². The van der Waals surface area contributed by atoms with E-state index in [-0.39, 0.29) is 17.0 Å². The Bertz CT molecular complexity index is 1030. The smallest absolute Gasteiger partial charge is 0.271 e. The summed E-state index contributed by atoms with van der Waals surface area (Å²) in [6.45, 7) is 4.13. The molecule has 0 saturated carbocycles. The molecule has 0 saturated heterocycles. The second-order valence-electron chi connectivity index (χ2n) is 6.58. The Morgan fingerprint density at radius 2 is 2.15 bits per heavy atom. The van der Waals surface area contributed by atoms with E-state index in [0.717, 1.165) is 48.4 Å². The zero-order valence-electron chi connectivity index (χ0n) is 14.8. The van der Waals surface area contributed by atoms with E-state index in [0.29, 0.717) is 17.9 Å². The van der Waals surface area contributed by atoms with Crippen LogP contribution in [0.25, 0.3) is 4.96 Å². The third kappa shape index (κ3) is 2.84. The quantitative estimate of drug-likeness (QED) is 0.758. The van der Waals surface area contributed by atoms with E-state index < -0.39 is 0 Å². The first-order chi connectivity index (χ1) is 12.6. The molecule has 0 unspecified atom stereocenters. The lowest BCUT2D eigenvalue weighted by Gasteiger charge is -2.10. The fourth-order valence-corrected chi connectivity index (χ4v) is 4.65. The first-order valence-corrected chi connectivity index (χ1v) is 9.60. The number of nitrogens with zero attached hydrogens (tertiary/aromatic N) is 3. The van der Waals surface area contributed by atoms with Crippen molar-refractivity contribution in [1.29, 1.82) is 0 Å². The summed E-state index contributed by atoms with van der Waals surface area (Å²) < 4.78 is 6.75. The summed E-state index contributed by atoms with van der Waals surface area (Å²) in [5.74, 6) is 0.365. The van der Waals surface area contributed by atoms with Gasteiger partial charge in [-0.15, -0.1) is 11.3 Å². The molecule has 0 spiro atoms. The van der Waals surface area contributed by atoms with Crippen LogP contribution in [0.3, 0.4) is 0 Å². The predicted molar refractivity (Wildman–Crippen MR) is 98.0 cm³/mol. The maximum absolute atomic E-state index is 12.8. The SMILES string of the molecule is Cc1noc(C)c1CCNC(=O)c1cnc2sc3c(n2c1=O)CCCC3. The molecule has 4 rings (SSSR count). The van der Waals surface area contributed by atoms with E-state index >= 15 is 0 Å². The van der Waals surface area contributed by atoms with Gasteiger partial charge >= 0.3 is 0 Å². The molecule has 0 aromatic carbocycles. The largest absolute Gasteiger partial charge is 0.361 e. The molecule has 0 radical (unpaired) electrons. The Labute approximate surface area is 154 Å². The summed E-state index contributed by atoms with van der Waals surface area (Å²) in [5, 5.41) is 6.72. The van der Waals surface area contributed by atoms with E-state index in [1.54, 1.807) is 15.7 Å². The van der Waals surface area contributed by atoms with Crippen LogP contribution in [-0.4, -0.2) is 27.0 Å². The minimum absolute atomic E-state index is 0.0902. The Balaban J connectivity index is 1.55. The van der Waals surface area contributed by atoms with Crippen LogP contribution in [0, 0.1) is 13.8 Å². The zero-order valence-corrected chi connectivity index (χ0v) is 15.6. The maximum Gasteiger partial charge on any atom is 0.271 e. The highest BCUT2D eigenvalue weighted by molar-refractivity contribution is 7.17. The maximum atomic E-state index is 12.8. The van der Waals surface area contributed by atoms with Crippen LogP contribution in [0.2, 0.25) is 0 Å². The minimum Gasteiger partial charge on any atom is -0.361 e. The van der Waals surface area contributed by atoms with Crippen LogP contribution in [0.5, 0.6) is 0 Å². The second-order valence-corrected chi connectivity index (χ2v) is 7.64. The first-order valence-electron chi connectivity index (χ1n) is 8.78. The third-order valence-electron chi connectivity index (χ3n) is 4.89. The van der Waals surface area contributed by atoms with Gasteiger partial charge in [0.15, 0.2) is 4.96 Å². The summed E-state index contributed by atoms with van der Waals surface area (Å²) in [6, 6.07) is 0. The fourth-order valence-electron chi connectivity index (χ4n) is 3.48. The number of aromatic nitrogens is 3. The molecule has 3 aromatic rings. The third-order valence-corrected chi connectivity index (χ3v) is 6.05. The molecule has 0 fully saturated rings. The van der Waals surface area contributed by atoms with Gasteiger partial charge in [0.1, 0.15) is 11.3 Å². The summed E-state index contributed by atoms with van der Waals surface area (Å²) >= 11 is 1.56. The lowest BCUT2D eigenvalue weighted by molar-refractivity contribution is 0.0952. The molecule has 3 aromatic heterocycles. The van der Waals surface area contributed by atoms with E-state index in [1.165, 1.54) is 11.1 Å². The van der Waals surface area contributed by atoms with Gasteiger partial charge in [0, 0.05) is 28.9 Å². The molecule has 1 aliphatic carbocycles. The molecule has 0 atom stereocenters. The number of carbonyl (C=O) groups is 1. The molecule has 26 heavy (non-hydrogen) atoms. The van der Waals surface area contributed by atoms with E-state index in [9.17, 15) is 9.59 Å². The molecule has 1 aliphatic rings. The van der Waals surface area contributed by atoms with Crippen LogP contribution >= 0.6 is 11.3 Å². The first kappa shape index (κ1) is 17.0. The topological polar surface area (TPSA) is 89.5 Å². The van der Waals surface area contributed by atoms with Crippen molar-refractivity contribution in [3.05, 3.63) is 49.7 Å². The molecular weight excluding hydrogens is 352 g/mol. The highest BCUT2D eigenvalue weighted by Crippen LogP contribution is 2.28. The molecule has 1 amide bonds. The van der Waals surface area contributed by atoms with Crippen molar-refractivity contribution in [3.63, 3.8) is 0 Å². The molecule has 3 heterocycles. The van der Waals surface area contributed by atoms with Crippen molar-refractivity contribution in [2.45, 2.75) is 46.0 Å². The number of fused-ring (bicyclic) bond motifs is 3. The number of aryl methyl sites for hydroxylation is 4. The average Bonchev–Trinajstić information content (AvgIpc) is 3.16. The number of rotatable bonds is 4. The van der Waals surface area contributed by atoms with Crippen molar-refractivity contribution in [2.75, 3.05) is 6.54 Å². The monoisotopic (exact) mass is 372 g/mol. The van der Waals surface area contributed by atoms with Gasteiger partial charge < -0.3 is 9.84 Å². The lowest BCUT2D eigenvalue weighted by atomic mass is 10.0. The Hall–Kier alpha value is -2.48. The van der Waals surface area contributed by atoms with Gasteiger partial charge in [0.05, 0.1) is 5.69 Å². The summed E-state index contributed by atoms with van der Waals surface area (Å²) in [5.41, 5.74) is 2.66. The molecule has 1 N–H and O–H groups in total. The van der Waals surface area contributed by atoms with E-state index in [4.69, 9.17) is 4.52 Å². The molecule has 7 nitrogen and oxygen atoms in total. The van der Waals surface area contributed by atoms with Gasteiger partial charge in [0.25, 0.3) is 11.5 Å². The van der Waals surface area contributed by atoms with Crippen LogP contribution in [0.1, 0.15) is 50.8 Å². The highest BCUT2D eigenvalue weighted by Gasteiger charge is 2.21.